The predicted molar refractivity (Wildman–Crippen MR) is 77.0 cm³/mol. The Labute approximate surface area is 118 Å². The van der Waals surface area contributed by atoms with Crippen LogP contribution in [0.4, 0.5) is 0 Å². The van der Waals surface area contributed by atoms with Crippen molar-refractivity contribution in [2.75, 3.05) is 7.11 Å². The summed E-state index contributed by atoms with van der Waals surface area (Å²) in [6.45, 7) is 1.89. The maximum atomic E-state index is 12.2. The molecular weight excluding hydrogens is 254 g/mol. The molecule has 20 heavy (non-hydrogen) atoms. The number of phenolic OH excluding ortho intramolecular Hbond substituents is 1. The van der Waals surface area contributed by atoms with Gasteiger partial charge in [-0.1, -0.05) is 30.3 Å². The van der Waals surface area contributed by atoms with Crippen LogP contribution in [-0.2, 0) is 0 Å². The van der Waals surface area contributed by atoms with Gasteiger partial charge in [-0.2, -0.15) is 0 Å². The van der Waals surface area contributed by atoms with Crippen LogP contribution in [0.25, 0.3) is 0 Å². The summed E-state index contributed by atoms with van der Waals surface area (Å²) in [6, 6.07) is 14.1. The first-order valence-electron chi connectivity index (χ1n) is 6.34. The summed E-state index contributed by atoms with van der Waals surface area (Å²) in [5, 5.41) is 12.6. The van der Waals surface area contributed by atoms with Gasteiger partial charge in [0.2, 0.25) is 0 Å². The third-order valence-electron chi connectivity index (χ3n) is 3.10. The minimum absolute atomic E-state index is 0.0661. The molecule has 2 aromatic rings. The van der Waals surface area contributed by atoms with Crippen molar-refractivity contribution in [1.82, 2.24) is 5.32 Å². The van der Waals surface area contributed by atoms with Gasteiger partial charge in [-0.25, -0.2) is 0 Å². The minimum atomic E-state index is -0.335. The third kappa shape index (κ3) is 3.09. The molecule has 1 amide bonds. The fourth-order valence-corrected chi connectivity index (χ4v) is 1.92. The quantitative estimate of drug-likeness (QED) is 0.899. The lowest BCUT2D eigenvalue weighted by molar-refractivity contribution is 0.0937. The second kappa shape index (κ2) is 6.10. The van der Waals surface area contributed by atoms with Gasteiger partial charge >= 0.3 is 0 Å². The monoisotopic (exact) mass is 271 g/mol. The summed E-state index contributed by atoms with van der Waals surface area (Å²) in [6.07, 6.45) is 0. The van der Waals surface area contributed by atoms with Crippen molar-refractivity contribution in [2.24, 2.45) is 0 Å². The van der Waals surface area contributed by atoms with E-state index < -0.39 is 0 Å². The van der Waals surface area contributed by atoms with Crippen LogP contribution in [0, 0.1) is 0 Å². The molecule has 104 valence electrons. The van der Waals surface area contributed by atoms with Gasteiger partial charge in [0.1, 0.15) is 11.5 Å². The van der Waals surface area contributed by atoms with E-state index in [0.717, 1.165) is 5.56 Å². The molecule has 0 spiro atoms. The maximum absolute atomic E-state index is 12.2. The van der Waals surface area contributed by atoms with E-state index in [-0.39, 0.29) is 23.3 Å². The number of carbonyl (C=O) groups excluding carboxylic acids is 1. The number of ether oxygens (including phenoxy) is 1. The number of hydrogen-bond donors (Lipinski definition) is 2. The van der Waals surface area contributed by atoms with Crippen molar-refractivity contribution < 1.29 is 14.6 Å². The van der Waals surface area contributed by atoms with Crippen LogP contribution < -0.4 is 10.1 Å². The van der Waals surface area contributed by atoms with E-state index in [1.54, 1.807) is 6.07 Å². The smallest absolute Gasteiger partial charge is 0.255 e. The molecule has 0 saturated carbocycles. The van der Waals surface area contributed by atoms with Crippen LogP contribution in [0.3, 0.4) is 0 Å². The molecule has 2 N–H and O–H groups in total. The van der Waals surface area contributed by atoms with Crippen molar-refractivity contribution in [3.05, 3.63) is 59.7 Å². The molecular formula is C16H17NO3. The van der Waals surface area contributed by atoms with Crippen LogP contribution in [-0.4, -0.2) is 18.1 Å². The molecule has 0 saturated heterocycles. The lowest BCUT2D eigenvalue weighted by atomic mass is 10.1. The zero-order valence-electron chi connectivity index (χ0n) is 11.5. The summed E-state index contributed by atoms with van der Waals surface area (Å²) in [5.41, 5.74) is 1.20. The molecule has 2 rings (SSSR count). The Kier molecular flexibility index (Phi) is 4.25. The highest BCUT2D eigenvalue weighted by Gasteiger charge is 2.15. The van der Waals surface area contributed by atoms with Crippen molar-refractivity contribution >= 4 is 5.91 Å². The van der Waals surface area contributed by atoms with Crippen LogP contribution in [0.1, 0.15) is 28.9 Å². The SMILES string of the molecule is COc1ccc(O)c(C(=O)NC(C)c2ccccc2)c1. The third-order valence-corrected chi connectivity index (χ3v) is 3.10. The number of carbonyl (C=O) groups is 1. The van der Waals surface area contributed by atoms with Crippen LogP contribution >= 0.6 is 0 Å². The van der Waals surface area contributed by atoms with Gasteiger partial charge < -0.3 is 15.2 Å². The van der Waals surface area contributed by atoms with E-state index >= 15 is 0 Å². The summed E-state index contributed by atoms with van der Waals surface area (Å²) < 4.78 is 5.06. The molecule has 0 bridgehead atoms. The first-order valence-corrected chi connectivity index (χ1v) is 6.34. The Morgan fingerprint density at radius 2 is 1.90 bits per heavy atom. The molecule has 0 aliphatic carbocycles. The van der Waals surface area contributed by atoms with Crippen molar-refractivity contribution in [3.8, 4) is 11.5 Å². The average molecular weight is 271 g/mol. The van der Waals surface area contributed by atoms with Crippen molar-refractivity contribution in [2.45, 2.75) is 13.0 Å². The van der Waals surface area contributed by atoms with E-state index in [1.807, 2.05) is 37.3 Å². The fourth-order valence-electron chi connectivity index (χ4n) is 1.92. The molecule has 0 aliphatic rings. The van der Waals surface area contributed by atoms with Gasteiger partial charge in [-0.05, 0) is 30.7 Å². The van der Waals surface area contributed by atoms with Crippen molar-refractivity contribution in [1.29, 1.82) is 0 Å². The largest absolute Gasteiger partial charge is 0.507 e. The zero-order valence-corrected chi connectivity index (χ0v) is 11.5. The summed E-state index contributed by atoms with van der Waals surface area (Å²) in [4.78, 5) is 12.2. The van der Waals surface area contributed by atoms with E-state index in [2.05, 4.69) is 5.32 Å². The lowest BCUT2D eigenvalue weighted by Crippen LogP contribution is -2.26. The number of aromatic hydroxyl groups is 1. The second-order valence-corrected chi connectivity index (χ2v) is 4.49. The van der Waals surface area contributed by atoms with Gasteiger partial charge in [-0.15, -0.1) is 0 Å². The number of rotatable bonds is 4. The molecule has 1 unspecified atom stereocenters. The second-order valence-electron chi connectivity index (χ2n) is 4.49. The Balaban J connectivity index is 2.16. The molecule has 1 atom stereocenters. The van der Waals surface area contributed by atoms with Crippen LogP contribution in [0.2, 0.25) is 0 Å². The van der Waals surface area contributed by atoms with Gasteiger partial charge in [-0.3, -0.25) is 4.79 Å². The molecule has 2 aromatic carbocycles. The molecule has 0 fully saturated rings. The molecule has 0 aliphatic heterocycles. The Hall–Kier alpha value is -2.49. The first-order chi connectivity index (χ1) is 9.61. The number of methoxy groups -OCH3 is 1. The van der Waals surface area contributed by atoms with Crippen LogP contribution in [0.15, 0.2) is 48.5 Å². The highest BCUT2D eigenvalue weighted by molar-refractivity contribution is 5.97. The van der Waals surface area contributed by atoms with Gasteiger partial charge in [0.05, 0.1) is 18.7 Å². The first kappa shape index (κ1) is 13.9. The van der Waals surface area contributed by atoms with E-state index in [9.17, 15) is 9.90 Å². The Morgan fingerprint density at radius 3 is 2.55 bits per heavy atom. The maximum Gasteiger partial charge on any atom is 0.255 e. The van der Waals surface area contributed by atoms with E-state index in [0.29, 0.717) is 5.75 Å². The average Bonchev–Trinajstić information content (AvgIpc) is 2.48. The molecule has 0 radical (unpaired) electrons. The molecule has 0 aromatic heterocycles. The molecule has 4 heteroatoms. The number of phenols is 1. The lowest BCUT2D eigenvalue weighted by Gasteiger charge is -2.15. The van der Waals surface area contributed by atoms with E-state index in [4.69, 9.17) is 4.74 Å². The van der Waals surface area contributed by atoms with Crippen LogP contribution in [0.5, 0.6) is 11.5 Å². The normalized spacial score (nSPS) is 11.7. The number of benzene rings is 2. The van der Waals surface area contributed by atoms with E-state index in [1.165, 1.54) is 19.2 Å². The fraction of sp³-hybridized carbons (Fsp3) is 0.188. The summed E-state index contributed by atoms with van der Waals surface area (Å²) in [5.74, 6) is 0.127. The van der Waals surface area contributed by atoms with Gasteiger partial charge in [0.25, 0.3) is 5.91 Å². The Morgan fingerprint density at radius 1 is 1.20 bits per heavy atom. The minimum Gasteiger partial charge on any atom is -0.507 e. The highest BCUT2D eigenvalue weighted by atomic mass is 16.5. The zero-order chi connectivity index (χ0) is 14.5. The Bertz CT molecular complexity index is 596. The van der Waals surface area contributed by atoms with Gasteiger partial charge in [0, 0.05) is 0 Å². The van der Waals surface area contributed by atoms with Gasteiger partial charge in [0.15, 0.2) is 0 Å². The topological polar surface area (TPSA) is 58.6 Å². The van der Waals surface area contributed by atoms with Crippen molar-refractivity contribution in [3.63, 3.8) is 0 Å². The number of hydrogen-bond acceptors (Lipinski definition) is 3. The number of nitrogens with one attached hydrogen (secondary N) is 1. The standard InChI is InChI=1S/C16H17NO3/c1-11(12-6-4-3-5-7-12)17-16(19)14-10-13(20-2)8-9-15(14)18/h3-11,18H,1-2H3,(H,17,19). The number of amides is 1. The summed E-state index contributed by atoms with van der Waals surface area (Å²) >= 11 is 0. The molecule has 4 nitrogen and oxygen atoms in total. The highest BCUT2D eigenvalue weighted by Crippen LogP contribution is 2.23. The molecule has 0 heterocycles. The predicted octanol–water partition coefficient (Wildman–Crippen LogP) is 2.89. The summed E-state index contributed by atoms with van der Waals surface area (Å²) in [7, 11) is 1.51.